The van der Waals surface area contributed by atoms with E-state index in [1.54, 1.807) is 18.3 Å². The van der Waals surface area contributed by atoms with Crippen molar-refractivity contribution in [3.63, 3.8) is 0 Å². The van der Waals surface area contributed by atoms with Crippen LogP contribution in [0.25, 0.3) is 11.3 Å². The SMILES string of the molecule is NC(=O)c1cccc(-c2cccc([C@H]3CCCN(CC(=O)Nc4nccs4)C3)n2)c1. The summed E-state index contributed by atoms with van der Waals surface area (Å²) < 4.78 is 0. The van der Waals surface area contributed by atoms with Crippen molar-refractivity contribution in [2.24, 2.45) is 5.73 Å². The number of thiazole rings is 1. The van der Waals surface area contributed by atoms with Crippen LogP contribution < -0.4 is 11.1 Å². The fourth-order valence-electron chi connectivity index (χ4n) is 3.76. The zero-order valence-corrected chi connectivity index (χ0v) is 17.3. The molecular weight excluding hydrogens is 398 g/mol. The number of anilines is 1. The third-order valence-corrected chi connectivity index (χ3v) is 5.87. The molecule has 0 bridgehead atoms. The minimum atomic E-state index is -0.452. The van der Waals surface area contributed by atoms with Crippen LogP contribution in [0.1, 0.15) is 34.8 Å². The molecule has 0 saturated carbocycles. The molecule has 4 rings (SSSR count). The van der Waals surface area contributed by atoms with E-state index in [-0.39, 0.29) is 11.8 Å². The summed E-state index contributed by atoms with van der Waals surface area (Å²) in [5, 5.41) is 5.31. The Morgan fingerprint density at radius 3 is 2.90 bits per heavy atom. The van der Waals surface area contributed by atoms with Gasteiger partial charge in [0.15, 0.2) is 5.13 Å². The maximum atomic E-state index is 12.3. The van der Waals surface area contributed by atoms with E-state index in [9.17, 15) is 9.59 Å². The normalized spacial score (nSPS) is 16.9. The number of carbonyl (C=O) groups is 2. The molecule has 3 aromatic rings. The largest absolute Gasteiger partial charge is 0.366 e. The van der Waals surface area contributed by atoms with Crippen molar-refractivity contribution in [2.45, 2.75) is 18.8 Å². The molecule has 1 fully saturated rings. The first-order chi connectivity index (χ1) is 14.6. The number of nitrogens with one attached hydrogen (secondary N) is 1. The van der Waals surface area contributed by atoms with Crippen molar-refractivity contribution in [1.82, 2.24) is 14.9 Å². The maximum Gasteiger partial charge on any atom is 0.248 e. The van der Waals surface area contributed by atoms with Gasteiger partial charge in [-0.3, -0.25) is 19.5 Å². The predicted molar refractivity (Wildman–Crippen MR) is 117 cm³/mol. The number of piperidine rings is 1. The summed E-state index contributed by atoms with van der Waals surface area (Å²) in [6.45, 7) is 2.02. The molecule has 8 heteroatoms. The van der Waals surface area contributed by atoms with Crippen LogP contribution in [0.4, 0.5) is 5.13 Å². The summed E-state index contributed by atoms with van der Waals surface area (Å²) in [6, 6.07) is 13.2. The first kappa shape index (κ1) is 20.2. The van der Waals surface area contributed by atoms with Gasteiger partial charge in [-0.2, -0.15) is 0 Å². The maximum absolute atomic E-state index is 12.3. The summed E-state index contributed by atoms with van der Waals surface area (Å²) in [5.41, 5.74) is 8.55. The predicted octanol–water partition coefficient (Wildman–Crippen LogP) is 3.12. The second-order valence-electron chi connectivity index (χ2n) is 7.35. The average molecular weight is 422 g/mol. The van der Waals surface area contributed by atoms with Gasteiger partial charge in [-0.15, -0.1) is 11.3 Å². The Hall–Kier alpha value is -3.10. The molecule has 0 radical (unpaired) electrons. The summed E-state index contributed by atoms with van der Waals surface area (Å²) in [7, 11) is 0. The van der Waals surface area contributed by atoms with Gasteiger partial charge in [-0.05, 0) is 43.7 Å². The van der Waals surface area contributed by atoms with E-state index in [2.05, 4.69) is 15.2 Å². The zero-order chi connectivity index (χ0) is 20.9. The first-order valence-corrected chi connectivity index (χ1v) is 10.8. The molecule has 7 nitrogen and oxygen atoms in total. The lowest BCUT2D eigenvalue weighted by Crippen LogP contribution is -2.40. The van der Waals surface area contributed by atoms with Crippen LogP contribution in [-0.2, 0) is 4.79 Å². The molecule has 3 heterocycles. The van der Waals surface area contributed by atoms with Crippen LogP contribution in [0.2, 0.25) is 0 Å². The average Bonchev–Trinajstić information content (AvgIpc) is 3.27. The second kappa shape index (κ2) is 9.15. The number of benzene rings is 1. The van der Waals surface area contributed by atoms with E-state index in [4.69, 9.17) is 10.7 Å². The Morgan fingerprint density at radius 1 is 1.23 bits per heavy atom. The van der Waals surface area contributed by atoms with E-state index in [0.29, 0.717) is 17.2 Å². The van der Waals surface area contributed by atoms with Crippen LogP contribution in [0.15, 0.2) is 54.0 Å². The van der Waals surface area contributed by atoms with Crippen LogP contribution in [0, 0.1) is 0 Å². The van der Waals surface area contributed by atoms with Gasteiger partial charge >= 0.3 is 0 Å². The topological polar surface area (TPSA) is 101 Å². The number of primary amides is 1. The lowest BCUT2D eigenvalue weighted by molar-refractivity contribution is -0.117. The summed E-state index contributed by atoms with van der Waals surface area (Å²) >= 11 is 1.41. The van der Waals surface area contributed by atoms with E-state index in [0.717, 1.165) is 42.9 Å². The van der Waals surface area contributed by atoms with Gasteiger partial charge in [-0.25, -0.2) is 4.98 Å². The molecule has 2 amide bonds. The Labute approximate surface area is 179 Å². The van der Waals surface area contributed by atoms with Crippen molar-refractivity contribution in [2.75, 3.05) is 25.0 Å². The van der Waals surface area contributed by atoms with E-state index >= 15 is 0 Å². The summed E-state index contributed by atoms with van der Waals surface area (Å²) in [5.74, 6) is -0.242. The molecule has 1 aliphatic rings. The van der Waals surface area contributed by atoms with E-state index in [1.807, 2.05) is 35.7 Å². The highest BCUT2D eigenvalue weighted by molar-refractivity contribution is 7.13. The fraction of sp³-hybridized carbons (Fsp3) is 0.273. The quantitative estimate of drug-likeness (QED) is 0.637. The molecule has 30 heavy (non-hydrogen) atoms. The molecule has 1 aliphatic heterocycles. The number of nitrogens with zero attached hydrogens (tertiary/aromatic N) is 3. The lowest BCUT2D eigenvalue weighted by Gasteiger charge is -2.32. The molecule has 0 aliphatic carbocycles. The number of carbonyl (C=O) groups excluding carboxylic acids is 2. The Kier molecular flexibility index (Phi) is 6.15. The molecular formula is C22H23N5O2S. The molecule has 1 saturated heterocycles. The van der Waals surface area contributed by atoms with Crippen molar-refractivity contribution >= 4 is 28.3 Å². The molecule has 1 aromatic carbocycles. The third kappa shape index (κ3) is 4.90. The Morgan fingerprint density at radius 2 is 2.10 bits per heavy atom. The van der Waals surface area contributed by atoms with Gasteiger partial charge in [0.2, 0.25) is 11.8 Å². The van der Waals surface area contributed by atoms with E-state index in [1.165, 1.54) is 11.3 Å². The first-order valence-electron chi connectivity index (χ1n) is 9.87. The lowest BCUT2D eigenvalue weighted by atomic mass is 9.93. The highest BCUT2D eigenvalue weighted by atomic mass is 32.1. The zero-order valence-electron chi connectivity index (χ0n) is 16.5. The van der Waals surface area contributed by atoms with Crippen molar-refractivity contribution in [3.8, 4) is 11.3 Å². The van der Waals surface area contributed by atoms with Gasteiger partial charge in [0.25, 0.3) is 0 Å². The molecule has 154 valence electrons. The molecule has 2 aromatic heterocycles. The smallest absolute Gasteiger partial charge is 0.248 e. The molecule has 0 spiro atoms. The van der Waals surface area contributed by atoms with Crippen molar-refractivity contribution in [3.05, 3.63) is 65.3 Å². The van der Waals surface area contributed by atoms with Gasteiger partial charge < -0.3 is 11.1 Å². The molecule has 1 atom stereocenters. The van der Waals surface area contributed by atoms with Crippen molar-refractivity contribution in [1.29, 1.82) is 0 Å². The number of likely N-dealkylation sites (tertiary alicyclic amines) is 1. The Balaban J connectivity index is 1.45. The van der Waals surface area contributed by atoms with Gasteiger partial charge in [-0.1, -0.05) is 18.2 Å². The number of pyridine rings is 1. The number of amides is 2. The molecule has 3 N–H and O–H groups in total. The number of hydrogen-bond acceptors (Lipinski definition) is 6. The van der Waals surface area contributed by atoms with Crippen LogP contribution in [0.3, 0.4) is 0 Å². The van der Waals surface area contributed by atoms with Crippen LogP contribution in [0.5, 0.6) is 0 Å². The van der Waals surface area contributed by atoms with Gasteiger partial charge in [0.05, 0.1) is 12.2 Å². The number of hydrogen-bond donors (Lipinski definition) is 2. The standard InChI is InChI=1S/C22H23N5O2S/c23-21(29)16-5-1-4-15(12-16)18-7-2-8-19(25-18)17-6-3-10-27(13-17)14-20(28)26-22-24-9-11-30-22/h1-2,4-5,7-9,11-12,17H,3,6,10,13-14H2,(H2,23,29)(H,24,26,28)/t17-/m0/s1. The van der Waals surface area contributed by atoms with Crippen LogP contribution in [-0.4, -0.2) is 46.3 Å². The van der Waals surface area contributed by atoms with Gasteiger partial charge in [0, 0.05) is 40.9 Å². The van der Waals surface area contributed by atoms with Gasteiger partial charge in [0.1, 0.15) is 0 Å². The van der Waals surface area contributed by atoms with Crippen LogP contribution >= 0.6 is 11.3 Å². The number of rotatable bonds is 6. The highest BCUT2D eigenvalue weighted by Crippen LogP contribution is 2.28. The fourth-order valence-corrected chi connectivity index (χ4v) is 4.30. The highest BCUT2D eigenvalue weighted by Gasteiger charge is 2.24. The minimum Gasteiger partial charge on any atom is -0.366 e. The van der Waals surface area contributed by atoms with Crippen molar-refractivity contribution < 1.29 is 9.59 Å². The second-order valence-corrected chi connectivity index (χ2v) is 8.25. The number of aromatic nitrogens is 2. The Bertz CT molecular complexity index is 1040. The number of nitrogens with two attached hydrogens (primary N) is 1. The molecule has 0 unspecified atom stereocenters. The summed E-state index contributed by atoms with van der Waals surface area (Å²) in [4.78, 5) is 34.9. The minimum absolute atomic E-state index is 0.0458. The van der Waals surface area contributed by atoms with E-state index < -0.39 is 5.91 Å². The summed E-state index contributed by atoms with van der Waals surface area (Å²) in [6.07, 6.45) is 3.72. The monoisotopic (exact) mass is 421 g/mol. The third-order valence-electron chi connectivity index (χ3n) is 5.18.